The maximum absolute atomic E-state index is 13.7. The molecule has 1 saturated heterocycles. The second kappa shape index (κ2) is 5.78. The van der Waals surface area contributed by atoms with Crippen molar-refractivity contribution in [2.24, 2.45) is 5.73 Å². The lowest BCUT2D eigenvalue weighted by molar-refractivity contribution is 0.0675. The van der Waals surface area contributed by atoms with E-state index in [-0.39, 0.29) is 4.99 Å². The lowest BCUT2D eigenvalue weighted by atomic mass is 10.0. The molecule has 1 aliphatic heterocycles. The van der Waals surface area contributed by atoms with Crippen LogP contribution in [0.15, 0.2) is 12.1 Å². The summed E-state index contributed by atoms with van der Waals surface area (Å²) in [6.07, 6.45) is 2.18. The first kappa shape index (κ1) is 14.8. The number of thiocarbonyl (C=S) groups is 1. The number of halogens is 3. The number of nitrogens with two attached hydrogens (primary N) is 1. The average Bonchev–Trinajstić information content (AvgIpc) is 2.44. The minimum Gasteiger partial charge on any atom is -0.392 e. The molecule has 2 rings (SSSR count). The summed E-state index contributed by atoms with van der Waals surface area (Å²) in [6.45, 7) is 0.360. The van der Waals surface area contributed by atoms with E-state index >= 15 is 0 Å². The molecular formula is C13H13F3N2OS. The summed E-state index contributed by atoms with van der Waals surface area (Å²) < 4.78 is 39.8. The highest BCUT2D eigenvalue weighted by Gasteiger charge is 2.31. The zero-order valence-corrected chi connectivity index (χ0v) is 11.4. The lowest BCUT2D eigenvalue weighted by Gasteiger charge is -2.35. The first-order valence-corrected chi connectivity index (χ1v) is 6.58. The summed E-state index contributed by atoms with van der Waals surface area (Å²) in [4.78, 5) is 13.7. The molecule has 1 aromatic carbocycles. The number of nitrogens with zero attached hydrogens (tertiary/aromatic N) is 1. The Morgan fingerprint density at radius 3 is 2.60 bits per heavy atom. The van der Waals surface area contributed by atoms with Crippen LogP contribution < -0.4 is 5.73 Å². The van der Waals surface area contributed by atoms with E-state index in [0.717, 1.165) is 25.0 Å². The van der Waals surface area contributed by atoms with Gasteiger partial charge in [-0.2, -0.15) is 0 Å². The molecule has 1 atom stereocenters. The normalized spacial score (nSPS) is 18.9. The molecule has 0 spiro atoms. The number of hydrogen-bond acceptors (Lipinski definition) is 2. The summed E-state index contributed by atoms with van der Waals surface area (Å²) in [5.41, 5.74) is 5.07. The standard InChI is InChI=1S/C13H13F3N2OS/c14-8-5-4-7(10(15)11(8)16)13(19)18-6-2-1-3-9(18)12(17)20/h4-5,9H,1-3,6H2,(H2,17,20). The predicted octanol–water partition coefficient (Wildman–Crippen LogP) is 2.38. The second-order valence-corrected chi connectivity index (χ2v) is 5.11. The van der Waals surface area contributed by atoms with Crippen LogP contribution in [0.2, 0.25) is 0 Å². The van der Waals surface area contributed by atoms with Crippen LogP contribution >= 0.6 is 12.2 Å². The van der Waals surface area contributed by atoms with Crippen LogP contribution in [0, 0.1) is 17.5 Å². The Kier molecular flexibility index (Phi) is 4.27. The monoisotopic (exact) mass is 302 g/mol. The van der Waals surface area contributed by atoms with Gasteiger partial charge in [0.15, 0.2) is 17.5 Å². The molecule has 0 aromatic heterocycles. The number of likely N-dealkylation sites (tertiary alicyclic amines) is 1. The maximum Gasteiger partial charge on any atom is 0.257 e. The van der Waals surface area contributed by atoms with Gasteiger partial charge < -0.3 is 10.6 Å². The van der Waals surface area contributed by atoms with Crippen LogP contribution in [0.1, 0.15) is 29.6 Å². The van der Waals surface area contributed by atoms with Crippen molar-refractivity contribution in [3.05, 3.63) is 35.1 Å². The van der Waals surface area contributed by atoms with Crippen molar-refractivity contribution < 1.29 is 18.0 Å². The molecule has 0 saturated carbocycles. The summed E-state index contributed by atoms with van der Waals surface area (Å²) >= 11 is 4.90. The van der Waals surface area contributed by atoms with Crippen LogP contribution in [0.3, 0.4) is 0 Å². The fourth-order valence-electron chi connectivity index (χ4n) is 2.32. The number of carbonyl (C=O) groups is 1. The fraction of sp³-hybridized carbons (Fsp3) is 0.385. The van der Waals surface area contributed by atoms with Gasteiger partial charge in [0, 0.05) is 6.54 Å². The molecule has 1 fully saturated rings. The van der Waals surface area contributed by atoms with Gasteiger partial charge in [0.2, 0.25) is 0 Å². The third kappa shape index (κ3) is 2.63. The molecule has 20 heavy (non-hydrogen) atoms. The Morgan fingerprint density at radius 1 is 1.25 bits per heavy atom. The number of amides is 1. The van der Waals surface area contributed by atoms with Crippen molar-refractivity contribution in [2.45, 2.75) is 25.3 Å². The predicted molar refractivity (Wildman–Crippen MR) is 71.8 cm³/mol. The zero-order valence-electron chi connectivity index (χ0n) is 10.5. The Labute approximate surface area is 119 Å². The van der Waals surface area contributed by atoms with E-state index in [1.807, 2.05) is 0 Å². The van der Waals surface area contributed by atoms with Crippen molar-refractivity contribution in [3.63, 3.8) is 0 Å². The smallest absolute Gasteiger partial charge is 0.257 e. The molecule has 2 N–H and O–H groups in total. The van der Waals surface area contributed by atoms with Gasteiger partial charge in [-0.1, -0.05) is 12.2 Å². The van der Waals surface area contributed by atoms with E-state index in [4.69, 9.17) is 18.0 Å². The minimum absolute atomic E-state index is 0.140. The topological polar surface area (TPSA) is 46.3 Å². The van der Waals surface area contributed by atoms with E-state index < -0.39 is 35.0 Å². The number of hydrogen-bond donors (Lipinski definition) is 1. The van der Waals surface area contributed by atoms with Crippen molar-refractivity contribution in [1.82, 2.24) is 4.90 Å². The molecule has 1 aliphatic rings. The van der Waals surface area contributed by atoms with E-state index in [2.05, 4.69) is 0 Å². The Balaban J connectivity index is 2.35. The fourth-order valence-corrected chi connectivity index (χ4v) is 2.56. The summed E-state index contributed by atoms with van der Waals surface area (Å²) in [6, 6.07) is 1.19. The maximum atomic E-state index is 13.7. The second-order valence-electron chi connectivity index (χ2n) is 4.64. The molecule has 0 bridgehead atoms. The van der Waals surface area contributed by atoms with Crippen molar-refractivity contribution in [1.29, 1.82) is 0 Å². The Bertz CT molecular complexity index is 565. The van der Waals surface area contributed by atoms with Gasteiger partial charge in [0.1, 0.15) is 0 Å². The average molecular weight is 302 g/mol. The highest BCUT2D eigenvalue weighted by Crippen LogP contribution is 2.23. The van der Waals surface area contributed by atoms with Crippen LogP contribution in [0.25, 0.3) is 0 Å². The van der Waals surface area contributed by atoms with E-state index in [1.54, 1.807) is 0 Å². The molecule has 1 heterocycles. The van der Waals surface area contributed by atoms with Gasteiger partial charge >= 0.3 is 0 Å². The van der Waals surface area contributed by atoms with E-state index in [0.29, 0.717) is 13.0 Å². The van der Waals surface area contributed by atoms with Gasteiger partial charge in [-0.25, -0.2) is 13.2 Å². The summed E-state index contributed by atoms with van der Waals surface area (Å²) in [5, 5.41) is 0. The van der Waals surface area contributed by atoms with Crippen molar-refractivity contribution in [3.8, 4) is 0 Å². The lowest BCUT2D eigenvalue weighted by Crippen LogP contribution is -2.50. The number of rotatable bonds is 2. The highest BCUT2D eigenvalue weighted by molar-refractivity contribution is 7.80. The molecule has 7 heteroatoms. The van der Waals surface area contributed by atoms with Gasteiger partial charge in [-0.3, -0.25) is 4.79 Å². The zero-order chi connectivity index (χ0) is 14.9. The highest BCUT2D eigenvalue weighted by atomic mass is 32.1. The van der Waals surface area contributed by atoms with Gasteiger partial charge in [-0.05, 0) is 31.4 Å². The van der Waals surface area contributed by atoms with Crippen LogP contribution in [0.4, 0.5) is 13.2 Å². The molecular weight excluding hydrogens is 289 g/mol. The molecule has 1 amide bonds. The van der Waals surface area contributed by atoms with E-state index in [9.17, 15) is 18.0 Å². The van der Waals surface area contributed by atoms with Gasteiger partial charge in [0.25, 0.3) is 5.91 Å². The van der Waals surface area contributed by atoms with Crippen molar-refractivity contribution >= 4 is 23.1 Å². The Morgan fingerprint density at radius 2 is 1.95 bits per heavy atom. The largest absolute Gasteiger partial charge is 0.392 e. The third-order valence-corrected chi connectivity index (χ3v) is 3.63. The summed E-state index contributed by atoms with van der Waals surface area (Å²) in [5.74, 6) is -5.19. The Hall–Kier alpha value is -1.63. The quantitative estimate of drug-likeness (QED) is 0.674. The molecule has 3 nitrogen and oxygen atoms in total. The van der Waals surface area contributed by atoms with Gasteiger partial charge in [-0.15, -0.1) is 0 Å². The van der Waals surface area contributed by atoms with Crippen molar-refractivity contribution in [2.75, 3.05) is 6.54 Å². The molecule has 0 aliphatic carbocycles. The first-order valence-electron chi connectivity index (χ1n) is 6.17. The van der Waals surface area contributed by atoms with Crippen LogP contribution in [0.5, 0.6) is 0 Å². The minimum atomic E-state index is -1.65. The number of benzene rings is 1. The molecule has 1 aromatic rings. The van der Waals surface area contributed by atoms with Gasteiger partial charge in [0.05, 0.1) is 16.6 Å². The molecule has 1 unspecified atom stereocenters. The first-order chi connectivity index (χ1) is 9.43. The number of carbonyl (C=O) groups excluding carboxylic acids is 1. The number of piperidine rings is 1. The SMILES string of the molecule is NC(=S)C1CCCCN1C(=O)c1ccc(F)c(F)c1F. The van der Waals surface area contributed by atoms with Crippen LogP contribution in [-0.4, -0.2) is 28.4 Å². The molecule has 0 radical (unpaired) electrons. The summed E-state index contributed by atoms with van der Waals surface area (Å²) in [7, 11) is 0. The van der Waals surface area contributed by atoms with Crippen LogP contribution in [-0.2, 0) is 0 Å². The molecule has 108 valence electrons. The third-order valence-electron chi connectivity index (χ3n) is 3.36. The van der Waals surface area contributed by atoms with E-state index in [1.165, 1.54) is 4.90 Å².